The Labute approximate surface area is 89.3 Å². The van der Waals surface area contributed by atoms with E-state index in [2.05, 4.69) is 5.32 Å². The number of primary amides is 1. The summed E-state index contributed by atoms with van der Waals surface area (Å²) in [6, 6.07) is 0. The smallest absolute Gasteiger partial charge is 0.243 e. The molecule has 0 aliphatic carbocycles. The predicted molar refractivity (Wildman–Crippen MR) is 55.9 cm³/mol. The number of ether oxygens (including phenoxy) is 1. The molecule has 0 bridgehead atoms. The Kier molecular flexibility index (Phi) is 5.88. The van der Waals surface area contributed by atoms with Gasteiger partial charge in [-0.2, -0.15) is 0 Å². The maximum absolute atomic E-state index is 11.4. The number of carbonyl (C=O) groups is 2. The van der Waals surface area contributed by atoms with Crippen molar-refractivity contribution in [1.29, 1.82) is 0 Å². The zero-order chi connectivity index (χ0) is 11.9. The topological polar surface area (TPSA) is 107 Å². The number of nitrogens with two attached hydrogens (primary N) is 2. The van der Waals surface area contributed by atoms with Gasteiger partial charge in [-0.3, -0.25) is 9.59 Å². The SMILES string of the molecule is CCC(C)(N)C(=O)NCCOCC(N)=O. The monoisotopic (exact) mass is 217 g/mol. The van der Waals surface area contributed by atoms with Crippen LogP contribution >= 0.6 is 0 Å². The maximum Gasteiger partial charge on any atom is 0.243 e. The highest BCUT2D eigenvalue weighted by molar-refractivity contribution is 5.85. The lowest BCUT2D eigenvalue weighted by atomic mass is 10.00. The Hall–Kier alpha value is -1.14. The molecule has 0 fully saturated rings. The van der Waals surface area contributed by atoms with Gasteiger partial charge >= 0.3 is 0 Å². The fraction of sp³-hybridized carbons (Fsp3) is 0.778. The lowest BCUT2D eigenvalue weighted by molar-refractivity contribution is -0.126. The van der Waals surface area contributed by atoms with Crippen LogP contribution in [-0.4, -0.2) is 37.1 Å². The molecule has 1 atom stereocenters. The van der Waals surface area contributed by atoms with Crippen LogP contribution in [0.2, 0.25) is 0 Å². The van der Waals surface area contributed by atoms with Gasteiger partial charge in [0.15, 0.2) is 0 Å². The van der Waals surface area contributed by atoms with Gasteiger partial charge in [0.05, 0.1) is 12.1 Å². The average Bonchev–Trinajstić information content (AvgIpc) is 2.16. The average molecular weight is 217 g/mol. The summed E-state index contributed by atoms with van der Waals surface area (Å²) in [6.07, 6.45) is 0.557. The predicted octanol–water partition coefficient (Wildman–Crippen LogP) is -1.27. The molecule has 0 aliphatic rings. The molecule has 0 spiro atoms. The van der Waals surface area contributed by atoms with Crippen LogP contribution in [-0.2, 0) is 14.3 Å². The van der Waals surface area contributed by atoms with E-state index in [0.717, 1.165) is 0 Å². The molecule has 15 heavy (non-hydrogen) atoms. The van der Waals surface area contributed by atoms with Gasteiger partial charge in [0, 0.05) is 6.54 Å². The van der Waals surface area contributed by atoms with Crippen LogP contribution in [0.4, 0.5) is 0 Å². The number of rotatable bonds is 7. The Balaban J connectivity index is 3.60. The highest BCUT2D eigenvalue weighted by Gasteiger charge is 2.25. The Morgan fingerprint density at radius 1 is 1.47 bits per heavy atom. The van der Waals surface area contributed by atoms with Gasteiger partial charge in [0.1, 0.15) is 6.61 Å². The highest BCUT2D eigenvalue weighted by atomic mass is 16.5. The van der Waals surface area contributed by atoms with Crippen LogP contribution in [0.1, 0.15) is 20.3 Å². The van der Waals surface area contributed by atoms with Crippen LogP contribution in [0.3, 0.4) is 0 Å². The molecule has 6 nitrogen and oxygen atoms in total. The second-order valence-electron chi connectivity index (χ2n) is 3.55. The molecule has 0 heterocycles. The van der Waals surface area contributed by atoms with Crippen molar-refractivity contribution < 1.29 is 14.3 Å². The van der Waals surface area contributed by atoms with Crippen LogP contribution in [0.25, 0.3) is 0 Å². The summed E-state index contributed by atoms with van der Waals surface area (Å²) in [4.78, 5) is 21.7. The van der Waals surface area contributed by atoms with E-state index in [9.17, 15) is 9.59 Å². The Morgan fingerprint density at radius 2 is 2.07 bits per heavy atom. The van der Waals surface area contributed by atoms with Gasteiger partial charge in [-0.05, 0) is 13.3 Å². The van der Waals surface area contributed by atoms with Crippen molar-refractivity contribution in [1.82, 2.24) is 5.32 Å². The molecular weight excluding hydrogens is 198 g/mol. The van der Waals surface area contributed by atoms with E-state index in [1.807, 2.05) is 6.92 Å². The van der Waals surface area contributed by atoms with Crippen LogP contribution in [0.5, 0.6) is 0 Å². The van der Waals surface area contributed by atoms with E-state index in [4.69, 9.17) is 16.2 Å². The van der Waals surface area contributed by atoms with Gasteiger partial charge in [-0.1, -0.05) is 6.92 Å². The third-order valence-corrected chi connectivity index (χ3v) is 2.03. The second kappa shape index (κ2) is 6.36. The van der Waals surface area contributed by atoms with Crippen LogP contribution in [0, 0.1) is 0 Å². The first-order valence-corrected chi connectivity index (χ1v) is 4.83. The van der Waals surface area contributed by atoms with E-state index in [0.29, 0.717) is 13.0 Å². The number of nitrogens with one attached hydrogen (secondary N) is 1. The number of amides is 2. The number of hydrogen-bond donors (Lipinski definition) is 3. The molecule has 0 aromatic carbocycles. The van der Waals surface area contributed by atoms with Crippen molar-refractivity contribution in [3.05, 3.63) is 0 Å². The van der Waals surface area contributed by atoms with E-state index < -0.39 is 11.4 Å². The molecule has 2 amide bonds. The van der Waals surface area contributed by atoms with Gasteiger partial charge in [0.25, 0.3) is 0 Å². The Bertz CT molecular complexity index is 229. The standard InChI is InChI=1S/C9H19N3O3/c1-3-9(2,11)8(14)12-4-5-15-6-7(10)13/h3-6,11H2,1-2H3,(H2,10,13)(H,12,14). The summed E-state index contributed by atoms with van der Waals surface area (Å²) in [5.41, 5.74) is 9.69. The van der Waals surface area contributed by atoms with Gasteiger partial charge in [-0.25, -0.2) is 0 Å². The van der Waals surface area contributed by atoms with E-state index >= 15 is 0 Å². The third kappa shape index (κ3) is 6.03. The molecule has 0 aromatic heterocycles. The van der Waals surface area contributed by atoms with Gasteiger partial charge in [-0.15, -0.1) is 0 Å². The van der Waals surface area contributed by atoms with Gasteiger partial charge in [0.2, 0.25) is 11.8 Å². The highest BCUT2D eigenvalue weighted by Crippen LogP contribution is 2.03. The van der Waals surface area contributed by atoms with Crippen molar-refractivity contribution >= 4 is 11.8 Å². The number of hydrogen-bond acceptors (Lipinski definition) is 4. The molecule has 5 N–H and O–H groups in total. The summed E-state index contributed by atoms with van der Waals surface area (Å²) >= 11 is 0. The van der Waals surface area contributed by atoms with E-state index in [1.54, 1.807) is 6.92 Å². The fourth-order valence-electron chi connectivity index (χ4n) is 0.772. The van der Waals surface area contributed by atoms with E-state index in [1.165, 1.54) is 0 Å². The van der Waals surface area contributed by atoms with Crippen LogP contribution < -0.4 is 16.8 Å². The van der Waals surface area contributed by atoms with Gasteiger partial charge < -0.3 is 21.5 Å². The summed E-state index contributed by atoms with van der Waals surface area (Å²) in [6.45, 7) is 3.92. The first kappa shape index (κ1) is 13.9. The van der Waals surface area contributed by atoms with Crippen molar-refractivity contribution in [2.45, 2.75) is 25.8 Å². The van der Waals surface area contributed by atoms with Crippen LogP contribution in [0.15, 0.2) is 0 Å². The second-order valence-corrected chi connectivity index (χ2v) is 3.55. The molecule has 88 valence electrons. The van der Waals surface area contributed by atoms with E-state index in [-0.39, 0.29) is 19.1 Å². The minimum Gasteiger partial charge on any atom is -0.370 e. The first-order valence-electron chi connectivity index (χ1n) is 4.83. The molecule has 0 radical (unpaired) electrons. The molecule has 0 aliphatic heterocycles. The molecule has 0 saturated heterocycles. The molecule has 6 heteroatoms. The normalized spacial score (nSPS) is 14.3. The van der Waals surface area contributed by atoms with Crippen molar-refractivity contribution in [2.75, 3.05) is 19.8 Å². The van der Waals surface area contributed by atoms with Crippen molar-refractivity contribution in [2.24, 2.45) is 11.5 Å². The maximum atomic E-state index is 11.4. The molecule has 0 rings (SSSR count). The summed E-state index contributed by atoms with van der Waals surface area (Å²) < 4.78 is 4.86. The Morgan fingerprint density at radius 3 is 2.53 bits per heavy atom. The summed E-state index contributed by atoms with van der Waals surface area (Å²) in [5.74, 6) is -0.758. The lowest BCUT2D eigenvalue weighted by Gasteiger charge is -2.21. The minimum absolute atomic E-state index is 0.135. The zero-order valence-electron chi connectivity index (χ0n) is 9.21. The molecular formula is C9H19N3O3. The summed E-state index contributed by atoms with van der Waals surface area (Å²) in [5, 5.41) is 2.61. The third-order valence-electron chi connectivity index (χ3n) is 2.03. The lowest BCUT2D eigenvalue weighted by Crippen LogP contribution is -2.51. The summed E-state index contributed by atoms with van der Waals surface area (Å²) in [7, 11) is 0. The zero-order valence-corrected chi connectivity index (χ0v) is 9.21. The quantitative estimate of drug-likeness (QED) is 0.462. The van der Waals surface area contributed by atoms with Crippen molar-refractivity contribution in [3.8, 4) is 0 Å². The molecule has 1 unspecified atom stereocenters. The number of carbonyl (C=O) groups excluding carboxylic acids is 2. The molecule has 0 aromatic rings. The minimum atomic E-state index is -0.857. The van der Waals surface area contributed by atoms with Crippen molar-refractivity contribution in [3.63, 3.8) is 0 Å². The first-order chi connectivity index (χ1) is 6.90. The molecule has 0 saturated carbocycles. The largest absolute Gasteiger partial charge is 0.370 e. The fourth-order valence-corrected chi connectivity index (χ4v) is 0.772.